The van der Waals surface area contributed by atoms with Crippen LogP contribution in [0, 0.1) is 0 Å². The molecule has 8 heavy (non-hydrogen) atoms. The first kappa shape index (κ1) is 6.12. The average molecular weight is 226 g/mol. The Morgan fingerprint density at radius 1 is 1.75 bits per heavy atom. The van der Waals surface area contributed by atoms with Gasteiger partial charge < -0.3 is 14.8 Å². The van der Waals surface area contributed by atoms with Crippen LogP contribution in [-0.4, -0.2) is 28.0 Å². The molecule has 1 saturated heterocycles. The van der Waals surface area contributed by atoms with E-state index in [1.165, 1.54) is 4.90 Å². The third-order valence-electron chi connectivity index (χ3n) is 1.10. The third-order valence-corrected chi connectivity index (χ3v) is 1.88. The van der Waals surface area contributed by atoms with Gasteiger partial charge in [-0.15, -0.1) is 0 Å². The van der Waals surface area contributed by atoms with E-state index in [1.807, 2.05) is 0 Å². The highest BCUT2D eigenvalue weighted by atomic mass is 127. The Hall–Kier alpha value is 0. The van der Waals surface area contributed by atoms with Crippen molar-refractivity contribution in [3.8, 4) is 0 Å². The number of amides is 1. The van der Waals surface area contributed by atoms with E-state index in [0.717, 1.165) is 0 Å². The highest BCUT2D eigenvalue weighted by Gasteiger charge is 2.22. The molecule has 1 fully saturated rings. The second kappa shape index (κ2) is 2.08. The molecule has 1 rings (SSSR count). The molecule has 0 aromatic rings. The second-order valence-electron chi connectivity index (χ2n) is 1.77. The van der Waals surface area contributed by atoms with Crippen LogP contribution >= 0.6 is 22.6 Å². The Morgan fingerprint density at radius 2 is 2.25 bits per heavy atom. The van der Waals surface area contributed by atoms with Crippen LogP contribution in [0.15, 0.2) is 0 Å². The van der Waals surface area contributed by atoms with E-state index in [1.54, 1.807) is 0 Å². The maximum atomic E-state index is 9.94. The summed E-state index contributed by atoms with van der Waals surface area (Å²) in [5.41, 5.74) is 0. The topological polar surface area (TPSA) is 43.4 Å². The Morgan fingerprint density at radius 3 is 2.38 bits per heavy atom. The highest BCUT2D eigenvalue weighted by molar-refractivity contribution is 14.1. The predicted molar refractivity (Wildman–Crippen MR) is 34.8 cm³/mol. The van der Waals surface area contributed by atoms with Gasteiger partial charge in [0.15, 0.2) is 0 Å². The monoisotopic (exact) mass is 226 g/mol. The van der Waals surface area contributed by atoms with E-state index < -0.39 is 6.09 Å². The summed E-state index contributed by atoms with van der Waals surface area (Å²) in [5, 5.41) is 9.94. The van der Waals surface area contributed by atoms with Crippen molar-refractivity contribution in [2.75, 3.05) is 13.1 Å². The lowest BCUT2D eigenvalue weighted by Crippen LogP contribution is -2.55. The molecule has 3 nitrogen and oxygen atoms in total. The van der Waals surface area contributed by atoms with E-state index in [4.69, 9.17) is 0 Å². The number of alkyl halides is 1. The molecule has 0 bridgehead atoms. The van der Waals surface area contributed by atoms with Gasteiger partial charge in [-0.2, -0.15) is 0 Å². The summed E-state index contributed by atoms with van der Waals surface area (Å²) < 4.78 is 0.505. The van der Waals surface area contributed by atoms with E-state index >= 15 is 0 Å². The fourth-order valence-corrected chi connectivity index (χ4v) is 1.52. The van der Waals surface area contributed by atoms with Gasteiger partial charge in [0, 0.05) is 17.0 Å². The minimum Gasteiger partial charge on any atom is -0.530 e. The maximum absolute atomic E-state index is 9.94. The first-order valence-corrected chi connectivity index (χ1v) is 3.54. The number of carboxylic acid groups (broad SMARTS) is 1. The molecule has 46 valence electrons. The molecule has 0 aromatic carbocycles. The number of carbonyl (C=O) groups is 1. The Kier molecular flexibility index (Phi) is 1.59. The molecular weight excluding hydrogens is 221 g/mol. The number of carbonyl (C=O) groups excluding carboxylic acids is 1. The van der Waals surface area contributed by atoms with Crippen LogP contribution in [0.2, 0.25) is 0 Å². The van der Waals surface area contributed by atoms with Gasteiger partial charge in [0.25, 0.3) is 0 Å². The van der Waals surface area contributed by atoms with Crippen molar-refractivity contribution < 1.29 is 9.90 Å². The van der Waals surface area contributed by atoms with Crippen molar-refractivity contribution in [2.24, 2.45) is 0 Å². The Balaban J connectivity index is 2.25. The zero-order valence-electron chi connectivity index (χ0n) is 4.13. The molecule has 1 heterocycles. The molecule has 0 spiro atoms. The van der Waals surface area contributed by atoms with Crippen molar-refractivity contribution in [3.05, 3.63) is 0 Å². The van der Waals surface area contributed by atoms with Crippen LogP contribution in [0.1, 0.15) is 0 Å². The zero-order chi connectivity index (χ0) is 6.15. The first-order valence-electron chi connectivity index (χ1n) is 2.30. The number of likely N-dealkylation sites (tertiary alicyclic amines) is 1. The van der Waals surface area contributed by atoms with Crippen molar-refractivity contribution in [1.82, 2.24) is 4.90 Å². The lowest BCUT2D eigenvalue weighted by Gasteiger charge is -2.37. The summed E-state index contributed by atoms with van der Waals surface area (Å²) in [6, 6.07) is 0. The predicted octanol–water partition coefficient (Wildman–Crippen LogP) is -0.551. The summed E-state index contributed by atoms with van der Waals surface area (Å²) in [5.74, 6) is 0. The number of halogens is 1. The molecule has 0 radical (unpaired) electrons. The Labute approximate surface area is 60.8 Å². The highest BCUT2D eigenvalue weighted by Crippen LogP contribution is 2.14. The summed E-state index contributed by atoms with van der Waals surface area (Å²) in [7, 11) is 0. The van der Waals surface area contributed by atoms with E-state index in [9.17, 15) is 9.90 Å². The molecule has 0 unspecified atom stereocenters. The molecule has 1 aliphatic rings. The van der Waals surface area contributed by atoms with Gasteiger partial charge in [0.2, 0.25) is 0 Å². The second-order valence-corrected chi connectivity index (χ2v) is 3.53. The molecule has 0 aliphatic carbocycles. The molecule has 1 aliphatic heterocycles. The van der Waals surface area contributed by atoms with Gasteiger partial charge in [0.05, 0.1) is 0 Å². The minimum atomic E-state index is -1.04. The smallest absolute Gasteiger partial charge is 0.136 e. The number of rotatable bonds is 0. The van der Waals surface area contributed by atoms with Crippen molar-refractivity contribution >= 4 is 28.7 Å². The lowest BCUT2D eigenvalue weighted by atomic mass is 10.2. The van der Waals surface area contributed by atoms with Crippen molar-refractivity contribution in [2.45, 2.75) is 3.92 Å². The lowest BCUT2D eigenvalue weighted by molar-refractivity contribution is -0.268. The molecule has 0 aromatic heterocycles. The third kappa shape index (κ3) is 1.04. The van der Waals surface area contributed by atoms with Gasteiger partial charge >= 0.3 is 0 Å². The van der Waals surface area contributed by atoms with Crippen LogP contribution in [0.4, 0.5) is 4.79 Å². The van der Waals surface area contributed by atoms with E-state index in [2.05, 4.69) is 22.6 Å². The number of hydrogen-bond donors (Lipinski definition) is 0. The first-order chi connectivity index (χ1) is 3.70. The van der Waals surface area contributed by atoms with E-state index in [0.29, 0.717) is 17.0 Å². The summed E-state index contributed by atoms with van der Waals surface area (Å²) in [6.07, 6.45) is -1.04. The standard InChI is InChI=1S/C4H6INO2/c5-3-1-6(2-3)4(7)8/h3H,1-2H2,(H,7,8)/p-1. The van der Waals surface area contributed by atoms with Crippen LogP contribution < -0.4 is 5.11 Å². The van der Waals surface area contributed by atoms with Crippen molar-refractivity contribution in [1.29, 1.82) is 0 Å². The molecular formula is C4H5INO2-. The van der Waals surface area contributed by atoms with Crippen molar-refractivity contribution in [3.63, 3.8) is 0 Å². The summed E-state index contributed by atoms with van der Waals surface area (Å²) in [6.45, 7) is 1.28. The number of hydrogen-bond acceptors (Lipinski definition) is 2. The number of nitrogens with zero attached hydrogens (tertiary/aromatic N) is 1. The molecule has 1 amide bonds. The van der Waals surface area contributed by atoms with Gasteiger partial charge in [-0.1, -0.05) is 22.6 Å². The zero-order valence-corrected chi connectivity index (χ0v) is 6.29. The van der Waals surface area contributed by atoms with Gasteiger partial charge in [-0.3, -0.25) is 0 Å². The van der Waals surface area contributed by atoms with Crippen LogP contribution in [0.25, 0.3) is 0 Å². The van der Waals surface area contributed by atoms with Crippen LogP contribution in [-0.2, 0) is 0 Å². The van der Waals surface area contributed by atoms with Gasteiger partial charge in [-0.25, -0.2) is 0 Å². The summed E-state index contributed by atoms with van der Waals surface area (Å²) >= 11 is 2.21. The molecule has 0 N–H and O–H groups in total. The molecule has 0 saturated carbocycles. The molecule has 4 heteroatoms. The SMILES string of the molecule is O=C([O-])N1CC(I)C1. The maximum Gasteiger partial charge on any atom is 0.136 e. The summed E-state index contributed by atoms with van der Waals surface area (Å²) in [4.78, 5) is 11.2. The fourth-order valence-electron chi connectivity index (χ4n) is 0.574. The van der Waals surface area contributed by atoms with E-state index in [-0.39, 0.29) is 0 Å². The molecule has 0 atom stereocenters. The largest absolute Gasteiger partial charge is 0.530 e. The van der Waals surface area contributed by atoms with Crippen LogP contribution in [0.5, 0.6) is 0 Å². The van der Waals surface area contributed by atoms with Crippen LogP contribution in [0.3, 0.4) is 0 Å². The van der Waals surface area contributed by atoms with Gasteiger partial charge in [-0.05, 0) is 0 Å². The van der Waals surface area contributed by atoms with Gasteiger partial charge in [0.1, 0.15) is 6.09 Å². The minimum absolute atomic E-state index is 0.505. The normalized spacial score (nSPS) is 20.4. The Bertz CT molecular complexity index is 111. The average Bonchev–Trinajstić information content (AvgIpc) is 1.57. The quantitative estimate of drug-likeness (QED) is 0.410. The fraction of sp³-hybridized carbons (Fsp3) is 0.750.